The molecule has 3 rings (SSSR count). The Hall–Kier alpha value is -2.82. The maximum absolute atomic E-state index is 13.1. The van der Waals surface area contributed by atoms with Crippen molar-refractivity contribution in [3.63, 3.8) is 0 Å². The molecule has 0 bridgehead atoms. The number of carbonyl (C=O) groups excluding carboxylic acids is 1. The number of halogens is 4. The average molecular weight is 419 g/mol. The van der Waals surface area contributed by atoms with E-state index >= 15 is 0 Å². The first-order valence-electron chi connectivity index (χ1n) is 8.14. The van der Waals surface area contributed by atoms with Gasteiger partial charge in [0.2, 0.25) is 5.91 Å². The Morgan fingerprint density at radius 2 is 2.11 bits per heavy atom. The van der Waals surface area contributed by atoms with Crippen molar-refractivity contribution < 1.29 is 28.0 Å². The van der Waals surface area contributed by atoms with E-state index in [0.29, 0.717) is 12.8 Å². The largest absolute Gasteiger partial charge is 0.506 e. The highest BCUT2D eigenvalue weighted by atomic mass is 35.5. The maximum Gasteiger partial charge on any atom is 0.436 e. The van der Waals surface area contributed by atoms with E-state index in [0.717, 1.165) is 22.9 Å². The number of nitrogens with zero attached hydrogens (tertiary/aromatic N) is 3. The lowest BCUT2D eigenvalue weighted by Crippen LogP contribution is -2.26. The van der Waals surface area contributed by atoms with E-state index in [1.807, 2.05) is 0 Å². The molecule has 12 heteroatoms. The molecule has 0 radical (unpaired) electrons. The van der Waals surface area contributed by atoms with E-state index in [2.05, 4.69) is 10.4 Å². The van der Waals surface area contributed by atoms with E-state index in [-0.39, 0.29) is 23.0 Å². The molecule has 2 N–H and O–H groups in total. The molecule has 1 amide bonds. The van der Waals surface area contributed by atoms with Crippen molar-refractivity contribution in [1.29, 1.82) is 0 Å². The van der Waals surface area contributed by atoms with E-state index in [4.69, 9.17) is 11.6 Å². The SMILES string of the molecule is CC(C(=O)Nc1ccc([N+](=O)[O-])cc1O)n1nc(C(F)(F)F)c(Cl)c1C1CC1. The fourth-order valence-corrected chi connectivity index (χ4v) is 3.10. The molecule has 1 aromatic carbocycles. The van der Waals surface area contributed by atoms with Gasteiger partial charge in [-0.1, -0.05) is 11.6 Å². The van der Waals surface area contributed by atoms with Gasteiger partial charge in [-0.05, 0) is 25.8 Å². The molecule has 0 saturated heterocycles. The van der Waals surface area contributed by atoms with Crippen molar-refractivity contribution in [3.8, 4) is 5.75 Å². The van der Waals surface area contributed by atoms with Gasteiger partial charge in [-0.3, -0.25) is 19.6 Å². The number of aromatic nitrogens is 2. The lowest BCUT2D eigenvalue weighted by atomic mass is 10.2. The molecule has 1 unspecified atom stereocenters. The second-order valence-electron chi connectivity index (χ2n) is 6.39. The van der Waals surface area contributed by atoms with Crippen LogP contribution in [0, 0.1) is 10.1 Å². The molecule has 1 fully saturated rings. The summed E-state index contributed by atoms with van der Waals surface area (Å²) in [5.74, 6) is -1.52. The topological polar surface area (TPSA) is 110 Å². The molecule has 1 aromatic heterocycles. The predicted molar refractivity (Wildman–Crippen MR) is 92.3 cm³/mol. The number of carbonyl (C=O) groups is 1. The fraction of sp³-hybridized carbons (Fsp3) is 0.375. The third-order valence-electron chi connectivity index (χ3n) is 4.32. The van der Waals surface area contributed by atoms with Crippen LogP contribution in [0.5, 0.6) is 5.75 Å². The molecular formula is C16H14ClF3N4O4. The molecule has 1 aliphatic rings. The van der Waals surface area contributed by atoms with E-state index in [1.54, 1.807) is 0 Å². The molecule has 0 aliphatic heterocycles. The number of anilines is 1. The number of phenols is 1. The number of nitro groups is 1. The molecule has 1 atom stereocenters. The number of alkyl halides is 3. The van der Waals surface area contributed by atoms with Crippen molar-refractivity contribution in [1.82, 2.24) is 9.78 Å². The van der Waals surface area contributed by atoms with Crippen LogP contribution in [0.1, 0.15) is 43.1 Å². The molecular weight excluding hydrogens is 405 g/mol. The van der Waals surface area contributed by atoms with E-state index in [1.165, 1.54) is 6.92 Å². The number of rotatable bonds is 5. The predicted octanol–water partition coefficient (Wildman–Crippen LogP) is 4.25. The average Bonchev–Trinajstić information content (AvgIpc) is 3.37. The quantitative estimate of drug-likeness (QED) is 0.428. The minimum absolute atomic E-state index is 0.121. The van der Waals surface area contributed by atoms with Gasteiger partial charge in [0, 0.05) is 12.0 Å². The zero-order chi connectivity index (χ0) is 20.8. The Labute approximate surface area is 161 Å². The van der Waals surface area contributed by atoms with Gasteiger partial charge < -0.3 is 10.4 Å². The number of hydrogen-bond donors (Lipinski definition) is 2. The highest BCUT2D eigenvalue weighted by Gasteiger charge is 2.43. The number of nitrogens with one attached hydrogen (secondary N) is 1. The van der Waals surface area contributed by atoms with Gasteiger partial charge in [-0.2, -0.15) is 18.3 Å². The number of benzene rings is 1. The van der Waals surface area contributed by atoms with Crippen LogP contribution >= 0.6 is 11.6 Å². The van der Waals surface area contributed by atoms with Crippen LogP contribution in [0.2, 0.25) is 5.02 Å². The summed E-state index contributed by atoms with van der Waals surface area (Å²) in [6, 6.07) is 1.88. The summed E-state index contributed by atoms with van der Waals surface area (Å²) in [5.41, 5.74) is -1.61. The highest BCUT2D eigenvalue weighted by Crippen LogP contribution is 2.47. The van der Waals surface area contributed by atoms with Crippen LogP contribution in [-0.4, -0.2) is 25.7 Å². The second kappa shape index (κ2) is 6.97. The van der Waals surface area contributed by atoms with Gasteiger partial charge in [-0.15, -0.1) is 0 Å². The number of non-ortho nitro benzene ring substituents is 1. The lowest BCUT2D eigenvalue weighted by molar-refractivity contribution is -0.384. The maximum atomic E-state index is 13.1. The van der Waals surface area contributed by atoms with Gasteiger partial charge in [0.05, 0.1) is 27.4 Å². The number of amides is 1. The first-order valence-corrected chi connectivity index (χ1v) is 8.52. The molecule has 150 valence electrons. The highest BCUT2D eigenvalue weighted by molar-refractivity contribution is 6.32. The Kier molecular flexibility index (Phi) is 4.96. The van der Waals surface area contributed by atoms with Crippen molar-refractivity contribution in [2.75, 3.05) is 5.32 Å². The Bertz CT molecular complexity index is 956. The number of hydrogen-bond acceptors (Lipinski definition) is 5. The summed E-state index contributed by atoms with van der Waals surface area (Å²) in [6.45, 7) is 1.34. The first kappa shape index (κ1) is 19.9. The monoisotopic (exact) mass is 418 g/mol. The van der Waals surface area contributed by atoms with Gasteiger partial charge >= 0.3 is 6.18 Å². The Morgan fingerprint density at radius 3 is 2.61 bits per heavy atom. The summed E-state index contributed by atoms with van der Waals surface area (Å²) in [6.07, 6.45) is -3.49. The van der Waals surface area contributed by atoms with Gasteiger partial charge in [0.15, 0.2) is 5.69 Å². The van der Waals surface area contributed by atoms with Crippen LogP contribution in [0.15, 0.2) is 18.2 Å². The van der Waals surface area contributed by atoms with Crippen molar-refractivity contribution in [3.05, 3.63) is 44.7 Å². The normalized spacial score (nSPS) is 15.3. The van der Waals surface area contributed by atoms with Gasteiger partial charge in [0.1, 0.15) is 11.8 Å². The summed E-state index contributed by atoms with van der Waals surface area (Å²) in [4.78, 5) is 22.5. The Morgan fingerprint density at radius 1 is 1.46 bits per heavy atom. The molecule has 28 heavy (non-hydrogen) atoms. The molecule has 1 heterocycles. The smallest absolute Gasteiger partial charge is 0.436 e. The number of aromatic hydroxyl groups is 1. The van der Waals surface area contributed by atoms with Crippen LogP contribution in [0.4, 0.5) is 24.5 Å². The second-order valence-corrected chi connectivity index (χ2v) is 6.77. The van der Waals surface area contributed by atoms with Crippen molar-refractivity contribution in [2.45, 2.75) is 37.9 Å². The number of phenolic OH excluding ortho intramolecular Hbond substituents is 1. The van der Waals surface area contributed by atoms with Crippen LogP contribution in [0.25, 0.3) is 0 Å². The minimum atomic E-state index is -4.77. The zero-order valence-corrected chi connectivity index (χ0v) is 15.1. The summed E-state index contributed by atoms with van der Waals surface area (Å²) < 4.78 is 40.4. The van der Waals surface area contributed by atoms with Crippen molar-refractivity contribution >= 4 is 28.9 Å². The van der Waals surface area contributed by atoms with Crippen LogP contribution in [-0.2, 0) is 11.0 Å². The lowest BCUT2D eigenvalue weighted by Gasteiger charge is -2.16. The zero-order valence-electron chi connectivity index (χ0n) is 14.3. The van der Waals surface area contributed by atoms with E-state index in [9.17, 15) is 33.2 Å². The van der Waals surface area contributed by atoms with Crippen LogP contribution in [0.3, 0.4) is 0 Å². The minimum Gasteiger partial charge on any atom is -0.506 e. The number of nitro benzene ring substituents is 1. The first-order chi connectivity index (χ1) is 13.0. The standard InChI is InChI=1S/C16H14ClF3N4O4/c1-7(15(26)21-10-5-4-9(24(27)28)6-11(10)25)23-13(8-2-3-8)12(17)14(22-23)16(18,19)20/h4-8,25H,2-3H2,1H3,(H,21,26). The third-order valence-corrected chi connectivity index (χ3v) is 4.69. The molecule has 0 spiro atoms. The summed E-state index contributed by atoms with van der Waals surface area (Å²) in [5, 5.41) is 25.9. The fourth-order valence-electron chi connectivity index (χ4n) is 2.71. The molecule has 2 aromatic rings. The molecule has 1 saturated carbocycles. The van der Waals surface area contributed by atoms with E-state index < -0.39 is 39.5 Å². The molecule has 1 aliphatic carbocycles. The van der Waals surface area contributed by atoms with Crippen molar-refractivity contribution in [2.24, 2.45) is 0 Å². The van der Waals surface area contributed by atoms with Crippen LogP contribution < -0.4 is 5.32 Å². The third kappa shape index (κ3) is 3.75. The van der Waals surface area contributed by atoms with Gasteiger partial charge in [0.25, 0.3) is 5.69 Å². The van der Waals surface area contributed by atoms with Gasteiger partial charge in [-0.25, -0.2) is 0 Å². The summed E-state index contributed by atoms with van der Waals surface area (Å²) >= 11 is 5.89. The summed E-state index contributed by atoms with van der Waals surface area (Å²) in [7, 11) is 0. The Balaban J connectivity index is 1.89. The molecule has 8 nitrogen and oxygen atoms in total.